The first-order valence-electron chi connectivity index (χ1n) is 8.58. The second-order valence-corrected chi connectivity index (χ2v) is 8.90. The van der Waals surface area contributed by atoms with Crippen molar-refractivity contribution in [2.24, 2.45) is 5.92 Å². The van der Waals surface area contributed by atoms with Gasteiger partial charge in [0.15, 0.2) is 0 Å². The van der Waals surface area contributed by atoms with Crippen LogP contribution in [0, 0.1) is 11.7 Å². The minimum Gasteiger partial charge on any atom is -0.381 e. The Labute approximate surface area is 147 Å². The molecule has 132 valence electrons. The molecule has 2 aromatic carbocycles. The van der Waals surface area contributed by atoms with E-state index in [-0.39, 0.29) is 9.79 Å². The Morgan fingerprint density at radius 2 is 1.80 bits per heavy atom. The molecule has 4 nitrogen and oxygen atoms in total. The van der Waals surface area contributed by atoms with Gasteiger partial charge in [0, 0.05) is 17.6 Å². The molecule has 2 N–H and O–H groups in total. The highest BCUT2D eigenvalue weighted by atomic mass is 32.2. The van der Waals surface area contributed by atoms with E-state index in [1.165, 1.54) is 24.3 Å². The van der Waals surface area contributed by atoms with Gasteiger partial charge < -0.3 is 10.6 Å². The van der Waals surface area contributed by atoms with Crippen molar-refractivity contribution in [1.82, 2.24) is 5.32 Å². The molecular formula is C19H21FN2O2S. The Bertz CT molecular complexity index is 896. The number of anilines is 1. The third kappa shape index (κ3) is 2.83. The van der Waals surface area contributed by atoms with Gasteiger partial charge >= 0.3 is 0 Å². The first-order valence-corrected chi connectivity index (χ1v) is 10.1. The van der Waals surface area contributed by atoms with Gasteiger partial charge in [-0.25, -0.2) is 12.8 Å². The van der Waals surface area contributed by atoms with Crippen LogP contribution in [0.5, 0.6) is 0 Å². The molecule has 1 fully saturated rings. The maximum atomic E-state index is 13.1. The lowest BCUT2D eigenvalue weighted by molar-refractivity contribution is 0.443. The second kappa shape index (κ2) is 6.11. The van der Waals surface area contributed by atoms with Gasteiger partial charge in [-0.2, -0.15) is 0 Å². The minimum absolute atomic E-state index is 0.118. The topological polar surface area (TPSA) is 58.2 Å². The van der Waals surface area contributed by atoms with Crippen molar-refractivity contribution in [2.75, 3.05) is 18.4 Å². The summed E-state index contributed by atoms with van der Waals surface area (Å²) in [6.07, 6.45) is 1.02. The van der Waals surface area contributed by atoms with Crippen LogP contribution in [0.1, 0.15) is 24.8 Å². The van der Waals surface area contributed by atoms with Crippen LogP contribution in [0.3, 0.4) is 0 Å². The van der Waals surface area contributed by atoms with Crippen molar-refractivity contribution in [1.29, 1.82) is 0 Å². The van der Waals surface area contributed by atoms with Crippen molar-refractivity contribution in [3.05, 3.63) is 53.8 Å². The molecule has 0 spiro atoms. The Balaban J connectivity index is 1.76. The van der Waals surface area contributed by atoms with Crippen LogP contribution in [-0.2, 0) is 9.84 Å². The van der Waals surface area contributed by atoms with Gasteiger partial charge in [-0.3, -0.25) is 0 Å². The summed E-state index contributed by atoms with van der Waals surface area (Å²) in [4.78, 5) is 0.386. The van der Waals surface area contributed by atoms with Crippen molar-refractivity contribution in [3.8, 4) is 0 Å². The average molecular weight is 360 g/mol. The number of halogens is 1. The molecule has 0 aromatic heterocycles. The van der Waals surface area contributed by atoms with Gasteiger partial charge in [-0.05, 0) is 73.5 Å². The molecule has 6 heteroatoms. The maximum absolute atomic E-state index is 13.1. The van der Waals surface area contributed by atoms with Gasteiger partial charge in [0.05, 0.1) is 9.79 Å². The highest BCUT2D eigenvalue weighted by Gasteiger charge is 2.37. The lowest BCUT2D eigenvalue weighted by Crippen LogP contribution is -2.25. The van der Waals surface area contributed by atoms with Crippen LogP contribution in [0.4, 0.5) is 10.1 Å². The number of rotatable bonds is 2. The predicted molar refractivity (Wildman–Crippen MR) is 95.1 cm³/mol. The summed E-state index contributed by atoms with van der Waals surface area (Å²) >= 11 is 0. The van der Waals surface area contributed by atoms with Crippen LogP contribution in [0.15, 0.2) is 52.3 Å². The normalized spacial score (nSPS) is 25.6. The van der Waals surface area contributed by atoms with Gasteiger partial charge in [0.2, 0.25) is 9.84 Å². The molecule has 2 aromatic rings. The first kappa shape index (κ1) is 16.5. The molecule has 4 rings (SSSR count). The first-order chi connectivity index (χ1) is 12.0. The van der Waals surface area contributed by atoms with Crippen molar-refractivity contribution < 1.29 is 12.8 Å². The van der Waals surface area contributed by atoms with Crippen LogP contribution in [0.25, 0.3) is 0 Å². The monoisotopic (exact) mass is 360 g/mol. The number of hydrogen-bond donors (Lipinski definition) is 2. The lowest BCUT2D eigenvalue weighted by Gasteiger charge is -2.22. The van der Waals surface area contributed by atoms with Gasteiger partial charge in [0.25, 0.3) is 0 Å². The Morgan fingerprint density at radius 3 is 2.56 bits per heavy atom. The van der Waals surface area contributed by atoms with E-state index < -0.39 is 15.7 Å². The van der Waals surface area contributed by atoms with E-state index >= 15 is 0 Å². The van der Waals surface area contributed by atoms with Crippen LogP contribution < -0.4 is 10.6 Å². The zero-order chi connectivity index (χ0) is 17.6. The molecule has 1 saturated heterocycles. The van der Waals surface area contributed by atoms with E-state index in [0.29, 0.717) is 17.9 Å². The van der Waals surface area contributed by atoms with E-state index in [2.05, 4.69) is 17.6 Å². The minimum atomic E-state index is -3.65. The Morgan fingerprint density at radius 1 is 1.08 bits per heavy atom. The molecule has 0 radical (unpaired) electrons. The van der Waals surface area contributed by atoms with Gasteiger partial charge in [-0.1, -0.05) is 6.92 Å². The largest absolute Gasteiger partial charge is 0.381 e. The molecule has 0 aliphatic carbocycles. The van der Waals surface area contributed by atoms with E-state index in [4.69, 9.17) is 0 Å². The number of sulfone groups is 1. The Kier molecular flexibility index (Phi) is 4.04. The van der Waals surface area contributed by atoms with E-state index in [1.807, 2.05) is 6.07 Å². The van der Waals surface area contributed by atoms with E-state index in [0.717, 1.165) is 30.8 Å². The van der Waals surface area contributed by atoms with E-state index in [1.54, 1.807) is 12.1 Å². The summed E-state index contributed by atoms with van der Waals surface area (Å²) in [5.74, 6) is 0.276. The predicted octanol–water partition coefficient (Wildman–Crippen LogP) is 3.17. The molecule has 2 aliphatic heterocycles. The number of fused-ring (bicyclic) bond motifs is 3. The van der Waals surface area contributed by atoms with Crippen LogP contribution >= 0.6 is 0 Å². The molecule has 0 bridgehead atoms. The molecule has 2 heterocycles. The number of hydrogen-bond acceptors (Lipinski definition) is 4. The quantitative estimate of drug-likeness (QED) is 0.808. The Hall–Kier alpha value is -1.92. The highest BCUT2D eigenvalue weighted by Crippen LogP contribution is 2.43. The third-order valence-corrected chi connectivity index (χ3v) is 7.07. The molecule has 25 heavy (non-hydrogen) atoms. The van der Waals surface area contributed by atoms with Gasteiger partial charge in [0.1, 0.15) is 5.82 Å². The smallest absolute Gasteiger partial charge is 0.206 e. The number of benzene rings is 2. The van der Waals surface area contributed by atoms with Gasteiger partial charge in [-0.15, -0.1) is 0 Å². The average Bonchev–Trinajstić information content (AvgIpc) is 2.86. The van der Waals surface area contributed by atoms with Crippen molar-refractivity contribution in [2.45, 2.75) is 35.1 Å². The molecule has 1 unspecified atom stereocenters. The molecule has 2 aliphatic rings. The summed E-state index contributed by atoms with van der Waals surface area (Å²) in [5, 5.41) is 6.99. The summed E-state index contributed by atoms with van der Waals surface area (Å²) in [5.41, 5.74) is 2.10. The summed E-state index contributed by atoms with van der Waals surface area (Å²) in [6.45, 7) is 4.10. The fourth-order valence-electron chi connectivity index (χ4n) is 4.04. The number of nitrogens with one attached hydrogen (secondary N) is 2. The van der Waals surface area contributed by atoms with Crippen molar-refractivity contribution in [3.63, 3.8) is 0 Å². The van der Waals surface area contributed by atoms with Crippen LogP contribution in [-0.4, -0.2) is 27.5 Å². The summed E-state index contributed by atoms with van der Waals surface area (Å²) in [7, 11) is -3.65. The SMILES string of the molecule is CC1CNCC[C@@H]2Nc3ccc(S(=O)(=O)c4ccc(F)cc4)cc3[C@H]12. The highest BCUT2D eigenvalue weighted by molar-refractivity contribution is 7.91. The lowest BCUT2D eigenvalue weighted by atomic mass is 9.84. The molecular weight excluding hydrogens is 339 g/mol. The van der Waals surface area contributed by atoms with E-state index in [9.17, 15) is 12.8 Å². The zero-order valence-corrected chi connectivity index (χ0v) is 14.8. The maximum Gasteiger partial charge on any atom is 0.206 e. The third-order valence-electron chi connectivity index (χ3n) is 5.30. The standard InChI is InChI=1S/C19H21FN2O2S/c1-12-11-21-9-8-18-19(12)16-10-15(6-7-17(16)22-18)25(23,24)14-4-2-13(20)3-5-14/h2-7,10,12,18-19,21-22H,8-9,11H2,1H3/t12?,18-,19-/m0/s1. The summed E-state index contributed by atoms with van der Waals surface area (Å²) in [6, 6.07) is 10.6. The summed E-state index contributed by atoms with van der Waals surface area (Å²) < 4.78 is 38.9. The second-order valence-electron chi connectivity index (χ2n) is 6.95. The molecule has 0 amide bonds. The molecule has 3 atom stereocenters. The molecule has 0 saturated carbocycles. The van der Waals surface area contributed by atoms with Crippen molar-refractivity contribution >= 4 is 15.5 Å². The fourth-order valence-corrected chi connectivity index (χ4v) is 5.34. The van der Waals surface area contributed by atoms with Crippen LogP contribution in [0.2, 0.25) is 0 Å². The zero-order valence-electron chi connectivity index (χ0n) is 14.0. The fraction of sp³-hybridized carbons (Fsp3) is 0.368.